The van der Waals surface area contributed by atoms with Crippen molar-refractivity contribution in [2.45, 2.75) is 31.3 Å². The zero-order valence-corrected chi connectivity index (χ0v) is 20.1. The molecule has 1 aromatic heterocycles. The Kier molecular flexibility index (Phi) is 5.66. The van der Waals surface area contributed by atoms with Gasteiger partial charge in [-0.2, -0.15) is 5.10 Å². The number of carbonyl (C=O) groups is 1. The van der Waals surface area contributed by atoms with Gasteiger partial charge in [0.05, 0.1) is 18.3 Å². The average Bonchev–Trinajstić information content (AvgIpc) is 3.56. The molecule has 3 aromatic carbocycles. The number of H-pyrrole nitrogens is 1. The number of benzene rings is 3. The molecular formula is C30H28N4O2. The molecule has 1 aliphatic carbocycles. The highest BCUT2D eigenvalue weighted by molar-refractivity contribution is 5.91. The van der Waals surface area contributed by atoms with Crippen LogP contribution >= 0.6 is 0 Å². The lowest BCUT2D eigenvalue weighted by molar-refractivity contribution is 0.0518. The van der Waals surface area contributed by atoms with Crippen LogP contribution in [0.15, 0.2) is 97.2 Å². The minimum absolute atomic E-state index is 0.0892. The third-order valence-corrected chi connectivity index (χ3v) is 7.18. The summed E-state index contributed by atoms with van der Waals surface area (Å²) in [6.45, 7) is 2.15. The molecule has 0 fully saturated rings. The van der Waals surface area contributed by atoms with Crippen molar-refractivity contribution in [3.63, 3.8) is 0 Å². The Labute approximate surface area is 210 Å². The first-order valence-electron chi connectivity index (χ1n) is 12.4. The summed E-state index contributed by atoms with van der Waals surface area (Å²) in [5.41, 5.74) is 9.96. The first-order chi connectivity index (χ1) is 17.7. The average molecular weight is 477 g/mol. The van der Waals surface area contributed by atoms with Gasteiger partial charge in [-0.15, -0.1) is 0 Å². The first-order valence-corrected chi connectivity index (χ1v) is 12.4. The normalized spacial score (nSPS) is 16.8. The lowest BCUT2D eigenvalue weighted by Gasteiger charge is -2.44. The Balaban J connectivity index is 1.54. The number of hydrogen-bond donors (Lipinski definition) is 2. The number of nitrogens with zero attached hydrogens (tertiary/aromatic N) is 2. The molecule has 0 saturated heterocycles. The van der Waals surface area contributed by atoms with Gasteiger partial charge in [-0.3, -0.25) is 10.1 Å². The maximum absolute atomic E-state index is 12.5. The van der Waals surface area contributed by atoms with Crippen LogP contribution in [-0.2, 0) is 16.7 Å². The Bertz CT molecular complexity index is 1300. The van der Waals surface area contributed by atoms with E-state index < -0.39 is 5.54 Å². The van der Waals surface area contributed by atoms with Gasteiger partial charge in [-0.25, -0.2) is 10.2 Å². The summed E-state index contributed by atoms with van der Waals surface area (Å²) in [6, 6.07) is 31.8. The van der Waals surface area contributed by atoms with Gasteiger partial charge in [-0.1, -0.05) is 91.0 Å². The van der Waals surface area contributed by atoms with Gasteiger partial charge in [0.2, 0.25) is 0 Å². The fourth-order valence-electron chi connectivity index (χ4n) is 5.61. The van der Waals surface area contributed by atoms with Crippen molar-refractivity contribution in [3.8, 4) is 0 Å². The number of nitrogens with one attached hydrogen (secondary N) is 2. The number of aromatic amines is 1. The van der Waals surface area contributed by atoms with Crippen LogP contribution in [0.1, 0.15) is 51.8 Å². The van der Waals surface area contributed by atoms with E-state index in [4.69, 9.17) is 4.74 Å². The van der Waals surface area contributed by atoms with Crippen molar-refractivity contribution in [2.24, 2.45) is 0 Å². The highest BCUT2D eigenvalue weighted by Gasteiger charge is 2.46. The first kappa shape index (κ1) is 22.3. The van der Waals surface area contributed by atoms with Crippen molar-refractivity contribution in [1.29, 1.82) is 0 Å². The third-order valence-electron chi connectivity index (χ3n) is 7.18. The van der Waals surface area contributed by atoms with Crippen LogP contribution in [0, 0.1) is 0 Å². The van der Waals surface area contributed by atoms with E-state index in [1.165, 1.54) is 0 Å². The molecule has 180 valence electrons. The van der Waals surface area contributed by atoms with Gasteiger partial charge >= 0.3 is 5.97 Å². The van der Waals surface area contributed by atoms with E-state index in [0.717, 1.165) is 46.4 Å². The number of ether oxygens (including phenoxy) is 1. The van der Waals surface area contributed by atoms with Gasteiger partial charge in [0.1, 0.15) is 11.2 Å². The minimum atomic E-state index is -0.617. The topological polar surface area (TPSA) is 70.2 Å². The number of fused-ring (bicyclic) bond motifs is 3. The Hall–Kier alpha value is -4.16. The van der Waals surface area contributed by atoms with Crippen LogP contribution in [0.4, 0.5) is 0 Å². The maximum atomic E-state index is 12.5. The molecule has 1 aliphatic heterocycles. The number of rotatable bonds is 6. The van der Waals surface area contributed by atoms with Crippen LogP contribution in [-0.4, -0.2) is 33.8 Å². The number of aromatic nitrogens is 2. The van der Waals surface area contributed by atoms with E-state index in [0.29, 0.717) is 12.3 Å². The lowest BCUT2D eigenvalue weighted by Crippen LogP contribution is -2.52. The molecule has 2 heterocycles. The van der Waals surface area contributed by atoms with Gasteiger partial charge in [-0.05, 0) is 36.5 Å². The van der Waals surface area contributed by atoms with E-state index in [-0.39, 0.29) is 12.0 Å². The Morgan fingerprint density at radius 2 is 1.50 bits per heavy atom. The summed E-state index contributed by atoms with van der Waals surface area (Å²) in [5.74, 6) is -0.347. The van der Waals surface area contributed by atoms with Gasteiger partial charge in [0.25, 0.3) is 0 Å². The quantitative estimate of drug-likeness (QED) is 0.301. The summed E-state index contributed by atoms with van der Waals surface area (Å²) in [7, 11) is 0. The fraction of sp³-hybridized carbons (Fsp3) is 0.200. The number of hydrazine groups is 1. The zero-order chi connectivity index (χ0) is 24.5. The Morgan fingerprint density at radius 3 is 2.03 bits per heavy atom. The van der Waals surface area contributed by atoms with E-state index in [1.54, 1.807) is 0 Å². The van der Waals surface area contributed by atoms with Crippen LogP contribution in [0.5, 0.6) is 0 Å². The van der Waals surface area contributed by atoms with E-state index >= 15 is 0 Å². The molecule has 2 aliphatic rings. The van der Waals surface area contributed by atoms with E-state index in [9.17, 15) is 4.79 Å². The van der Waals surface area contributed by atoms with Crippen molar-refractivity contribution in [3.05, 3.63) is 131 Å². The van der Waals surface area contributed by atoms with Crippen molar-refractivity contribution >= 4 is 11.5 Å². The predicted molar refractivity (Wildman–Crippen MR) is 139 cm³/mol. The molecule has 6 nitrogen and oxygen atoms in total. The summed E-state index contributed by atoms with van der Waals surface area (Å²) >= 11 is 0. The predicted octanol–water partition coefficient (Wildman–Crippen LogP) is 5.05. The standard InChI is InChI=1S/C30H28N4O2/c1-2-36-29(35)28-24-18-19-26-25(27(24)31-32-28)20-34(33-26)30(21-12-6-3-7-13-21,22-14-8-4-9-15-22)23-16-10-5-11-17-23/h3-17,20,26,33H,2,18-19H2,1H3,(H,31,32). The molecule has 6 heteroatoms. The van der Waals surface area contributed by atoms with Crippen LogP contribution in [0.2, 0.25) is 0 Å². The molecule has 36 heavy (non-hydrogen) atoms. The zero-order valence-electron chi connectivity index (χ0n) is 20.1. The lowest BCUT2D eigenvalue weighted by atomic mass is 9.76. The highest BCUT2D eigenvalue weighted by Crippen LogP contribution is 2.46. The highest BCUT2D eigenvalue weighted by atomic mass is 16.5. The summed E-state index contributed by atoms with van der Waals surface area (Å²) in [4.78, 5) is 12.5. The second-order valence-corrected chi connectivity index (χ2v) is 9.13. The second-order valence-electron chi connectivity index (χ2n) is 9.13. The molecule has 0 spiro atoms. The van der Waals surface area contributed by atoms with Gasteiger partial charge < -0.3 is 4.74 Å². The molecule has 6 rings (SSSR count). The van der Waals surface area contributed by atoms with Gasteiger partial charge in [0, 0.05) is 17.3 Å². The molecule has 1 atom stereocenters. The molecule has 2 N–H and O–H groups in total. The smallest absolute Gasteiger partial charge is 0.356 e. The number of hydrogen-bond acceptors (Lipinski definition) is 5. The molecular weight excluding hydrogens is 448 g/mol. The van der Waals surface area contributed by atoms with E-state index in [2.05, 4.69) is 99.6 Å². The Morgan fingerprint density at radius 1 is 0.944 bits per heavy atom. The summed E-state index contributed by atoms with van der Waals surface area (Å²) in [5, 5.41) is 9.76. The van der Waals surface area contributed by atoms with Crippen molar-refractivity contribution in [2.75, 3.05) is 6.61 Å². The van der Waals surface area contributed by atoms with Crippen molar-refractivity contribution < 1.29 is 9.53 Å². The molecule has 0 amide bonds. The van der Waals surface area contributed by atoms with E-state index in [1.807, 2.05) is 25.1 Å². The number of esters is 1. The fourth-order valence-corrected chi connectivity index (χ4v) is 5.61. The second kappa shape index (κ2) is 9.13. The van der Waals surface area contributed by atoms with Gasteiger partial charge in [0.15, 0.2) is 0 Å². The molecule has 0 bridgehead atoms. The summed E-state index contributed by atoms with van der Waals surface area (Å²) in [6.07, 6.45) is 3.78. The largest absolute Gasteiger partial charge is 0.461 e. The van der Waals surface area contributed by atoms with Crippen LogP contribution < -0.4 is 5.43 Å². The molecule has 1 unspecified atom stereocenters. The monoisotopic (exact) mass is 476 g/mol. The molecule has 4 aromatic rings. The third kappa shape index (κ3) is 3.45. The maximum Gasteiger partial charge on any atom is 0.356 e. The van der Waals surface area contributed by atoms with Crippen LogP contribution in [0.3, 0.4) is 0 Å². The SMILES string of the molecule is CCOC(=O)c1[nH]nc2c1CCC1NN(C(c3ccccc3)(c3ccccc3)c3ccccc3)C=C21. The molecule has 0 saturated carbocycles. The molecule has 0 radical (unpaired) electrons. The minimum Gasteiger partial charge on any atom is -0.461 e. The number of carbonyl (C=O) groups excluding carboxylic acids is 1. The summed E-state index contributed by atoms with van der Waals surface area (Å²) < 4.78 is 5.26. The van der Waals surface area contributed by atoms with Crippen molar-refractivity contribution in [1.82, 2.24) is 20.6 Å². The van der Waals surface area contributed by atoms with Crippen LogP contribution in [0.25, 0.3) is 5.57 Å².